The van der Waals surface area contributed by atoms with E-state index in [9.17, 15) is 0 Å². The molecule has 0 spiro atoms. The van der Waals surface area contributed by atoms with Crippen LogP contribution in [0.15, 0.2) is 24.3 Å². The Morgan fingerprint density at radius 2 is 1.96 bits per heavy atom. The zero-order valence-electron chi connectivity index (χ0n) is 14.6. The second-order valence-corrected chi connectivity index (χ2v) is 7.47. The first-order chi connectivity index (χ1) is 11.7. The Morgan fingerprint density at radius 1 is 1.21 bits per heavy atom. The molecule has 1 saturated carbocycles. The van der Waals surface area contributed by atoms with Gasteiger partial charge in [0.2, 0.25) is 0 Å². The minimum Gasteiger partial charge on any atom is -0.379 e. The summed E-state index contributed by atoms with van der Waals surface area (Å²) in [5.41, 5.74) is 2.52. The molecule has 1 saturated heterocycles. The number of hydrogen-bond donors (Lipinski definition) is 2. The second-order valence-electron chi connectivity index (χ2n) is 7.06. The SMILES string of the molecule is Cc1cccc(NC(=S)NCC2(N3CCOCC3)CCCCC2)c1. The van der Waals surface area contributed by atoms with Gasteiger partial charge >= 0.3 is 0 Å². The average molecular weight is 348 g/mol. The summed E-state index contributed by atoms with van der Waals surface area (Å²) in [6.07, 6.45) is 6.51. The van der Waals surface area contributed by atoms with E-state index >= 15 is 0 Å². The van der Waals surface area contributed by atoms with Crippen LogP contribution in [-0.2, 0) is 4.74 Å². The number of nitrogens with zero attached hydrogens (tertiary/aromatic N) is 1. The fourth-order valence-electron chi connectivity index (χ4n) is 4.00. The molecule has 1 aromatic rings. The van der Waals surface area contributed by atoms with E-state index in [4.69, 9.17) is 17.0 Å². The molecule has 0 radical (unpaired) electrons. The second kappa shape index (κ2) is 8.28. The molecule has 5 heteroatoms. The van der Waals surface area contributed by atoms with E-state index in [1.807, 2.05) is 0 Å². The highest BCUT2D eigenvalue weighted by molar-refractivity contribution is 7.80. The van der Waals surface area contributed by atoms with Gasteiger partial charge in [-0.1, -0.05) is 31.4 Å². The van der Waals surface area contributed by atoms with Crippen LogP contribution >= 0.6 is 12.2 Å². The van der Waals surface area contributed by atoms with Crippen molar-refractivity contribution in [3.63, 3.8) is 0 Å². The van der Waals surface area contributed by atoms with Crippen LogP contribution in [0.3, 0.4) is 0 Å². The molecular weight excluding hydrogens is 318 g/mol. The molecule has 2 N–H and O–H groups in total. The third-order valence-electron chi connectivity index (χ3n) is 5.32. The standard InChI is InChI=1S/C19H29N3OS/c1-16-6-5-7-17(14-16)21-18(24)20-15-19(8-3-2-4-9-19)22-10-12-23-13-11-22/h5-7,14H,2-4,8-13,15H2,1H3,(H2,20,21,24). The maximum atomic E-state index is 5.55. The van der Waals surface area contributed by atoms with E-state index in [-0.39, 0.29) is 5.54 Å². The fourth-order valence-corrected chi connectivity index (χ4v) is 4.19. The number of anilines is 1. The molecule has 0 atom stereocenters. The van der Waals surface area contributed by atoms with Crippen molar-refractivity contribution < 1.29 is 4.74 Å². The van der Waals surface area contributed by atoms with Crippen molar-refractivity contribution in [3.8, 4) is 0 Å². The largest absolute Gasteiger partial charge is 0.379 e. The number of rotatable bonds is 4. The minimum atomic E-state index is 0.236. The molecule has 1 heterocycles. The molecule has 24 heavy (non-hydrogen) atoms. The van der Waals surface area contributed by atoms with Crippen molar-refractivity contribution in [2.75, 3.05) is 38.2 Å². The Kier molecular flexibility index (Phi) is 6.09. The lowest BCUT2D eigenvalue weighted by molar-refractivity contribution is -0.0351. The van der Waals surface area contributed by atoms with Gasteiger partial charge in [-0.05, 0) is 49.7 Å². The Hall–Kier alpha value is -1.17. The molecule has 4 nitrogen and oxygen atoms in total. The summed E-state index contributed by atoms with van der Waals surface area (Å²) in [6, 6.07) is 8.32. The van der Waals surface area contributed by atoms with E-state index < -0.39 is 0 Å². The maximum absolute atomic E-state index is 5.55. The fraction of sp³-hybridized carbons (Fsp3) is 0.632. The lowest BCUT2D eigenvalue weighted by atomic mass is 9.80. The quantitative estimate of drug-likeness (QED) is 0.817. The van der Waals surface area contributed by atoms with E-state index in [0.717, 1.165) is 43.6 Å². The van der Waals surface area contributed by atoms with Crippen LogP contribution in [0.1, 0.15) is 37.7 Å². The molecule has 2 fully saturated rings. The van der Waals surface area contributed by atoms with Gasteiger partial charge in [-0.25, -0.2) is 0 Å². The number of aryl methyl sites for hydroxylation is 1. The third-order valence-corrected chi connectivity index (χ3v) is 5.57. The summed E-state index contributed by atoms with van der Waals surface area (Å²) in [7, 11) is 0. The molecule has 1 aliphatic heterocycles. The summed E-state index contributed by atoms with van der Waals surface area (Å²) in [4.78, 5) is 2.64. The number of hydrogen-bond acceptors (Lipinski definition) is 3. The third kappa shape index (κ3) is 4.47. The summed E-state index contributed by atoms with van der Waals surface area (Å²) < 4.78 is 5.55. The van der Waals surface area contributed by atoms with Crippen LogP contribution in [0.4, 0.5) is 5.69 Å². The van der Waals surface area contributed by atoms with E-state index in [2.05, 4.69) is 46.7 Å². The van der Waals surface area contributed by atoms with Crippen LogP contribution in [0.2, 0.25) is 0 Å². The number of morpholine rings is 1. The normalized spacial score (nSPS) is 21.2. The van der Waals surface area contributed by atoms with Crippen LogP contribution in [0, 0.1) is 6.92 Å². The zero-order chi connectivity index (χ0) is 16.8. The number of ether oxygens (including phenoxy) is 1. The Balaban J connectivity index is 1.59. The van der Waals surface area contributed by atoms with Gasteiger partial charge in [0.05, 0.1) is 13.2 Å². The van der Waals surface area contributed by atoms with Crippen molar-refractivity contribution >= 4 is 23.0 Å². The summed E-state index contributed by atoms with van der Waals surface area (Å²) >= 11 is 5.53. The summed E-state index contributed by atoms with van der Waals surface area (Å²) in [6.45, 7) is 6.81. The van der Waals surface area contributed by atoms with Gasteiger partial charge in [0.25, 0.3) is 0 Å². The van der Waals surface area contributed by atoms with Gasteiger partial charge in [0, 0.05) is 30.9 Å². The van der Waals surface area contributed by atoms with Crippen molar-refractivity contribution in [1.29, 1.82) is 0 Å². The van der Waals surface area contributed by atoms with E-state index in [1.54, 1.807) is 0 Å². The molecule has 1 aliphatic carbocycles. The molecule has 0 aromatic heterocycles. The topological polar surface area (TPSA) is 36.5 Å². The number of thiocarbonyl (C=S) groups is 1. The van der Waals surface area contributed by atoms with Crippen LogP contribution in [-0.4, -0.2) is 48.4 Å². The maximum Gasteiger partial charge on any atom is 0.170 e. The number of benzene rings is 1. The minimum absolute atomic E-state index is 0.236. The number of nitrogens with one attached hydrogen (secondary N) is 2. The van der Waals surface area contributed by atoms with Crippen LogP contribution in [0.5, 0.6) is 0 Å². The van der Waals surface area contributed by atoms with Gasteiger partial charge < -0.3 is 15.4 Å². The highest BCUT2D eigenvalue weighted by Gasteiger charge is 2.38. The molecular formula is C19H29N3OS. The van der Waals surface area contributed by atoms with E-state index in [1.165, 1.54) is 37.7 Å². The van der Waals surface area contributed by atoms with Gasteiger partial charge in [0.15, 0.2) is 5.11 Å². The Morgan fingerprint density at radius 3 is 2.67 bits per heavy atom. The van der Waals surface area contributed by atoms with Gasteiger partial charge in [-0.3, -0.25) is 4.90 Å². The van der Waals surface area contributed by atoms with E-state index in [0.29, 0.717) is 0 Å². The first-order valence-corrected chi connectivity index (χ1v) is 9.53. The van der Waals surface area contributed by atoms with Crippen molar-refractivity contribution in [3.05, 3.63) is 29.8 Å². The average Bonchev–Trinajstić information content (AvgIpc) is 2.62. The lowest BCUT2D eigenvalue weighted by Gasteiger charge is -2.48. The molecule has 0 amide bonds. The highest BCUT2D eigenvalue weighted by Crippen LogP contribution is 2.33. The van der Waals surface area contributed by atoms with Gasteiger partial charge in [-0.2, -0.15) is 0 Å². The first kappa shape index (κ1) is 17.6. The molecule has 132 valence electrons. The van der Waals surface area contributed by atoms with Crippen molar-refractivity contribution in [2.45, 2.75) is 44.6 Å². The van der Waals surface area contributed by atoms with Crippen LogP contribution < -0.4 is 10.6 Å². The highest BCUT2D eigenvalue weighted by atomic mass is 32.1. The molecule has 1 aromatic carbocycles. The smallest absolute Gasteiger partial charge is 0.170 e. The Labute approximate surface area is 150 Å². The molecule has 2 aliphatic rings. The molecule has 0 unspecified atom stereocenters. The predicted octanol–water partition coefficient (Wildman–Crippen LogP) is 3.32. The van der Waals surface area contributed by atoms with Gasteiger partial charge in [0.1, 0.15) is 0 Å². The van der Waals surface area contributed by atoms with Crippen molar-refractivity contribution in [2.24, 2.45) is 0 Å². The first-order valence-electron chi connectivity index (χ1n) is 9.12. The zero-order valence-corrected chi connectivity index (χ0v) is 15.5. The Bertz CT molecular complexity index is 551. The van der Waals surface area contributed by atoms with Crippen molar-refractivity contribution in [1.82, 2.24) is 10.2 Å². The predicted molar refractivity (Wildman–Crippen MR) is 104 cm³/mol. The lowest BCUT2D eigenvalue weighted by Crippen LogP contribution is -2.60. The van der Waals surface area contributed by atoms with Gasteiger partial charge in [-0.15, -0.1) is 0 Å². The monoisotopic (exact) mass is 347 g/mol. The summed E-state index contributed by atoms with van der Waals surface area (Å²) in [5.74, 6) is 0. The van der Waals surface area contributed by atoms with Crippen LogP contribution in [0.25, 0.3) is 0 Å². The molecule has 3 rings (SSSR count). The summed E-state index contributed by atoms with van der Waals surface area (Å²) in [5, 5.41) is 7.54. The molecule has 0 bridgehead atoms.